The predicted molar refractivity (Wildman–Crippen MR) is 115 cm³/mol. The van der Waals surface area contributed by atoms with Gasteiger partial charge >= 0.3 is 6.61 Å². The summed E-state index contributed by atoms with van der Waals surface area (Å²) < 4.78 is 55.0. The van der Waals surface area contributed by atoms with Gasteiger partial charge in [-0.25, -0.2) is 14.4 Å². The molecule has 0 aromatic carbocycles. The third-order valence-corrected chi connectivity index (χ3v) is 6.35. The normalized spacial score (nSPS) is 24.7. The van der Waals surface area contributed by atoms with E-state index in [2.05, 4.69) is 14.7 Å². The lowest BCUT2D eigenvalue weighted by Crippen LogP contribution is -2.55. The van der Waals surface area contributed by atoms with E-state index in [-0.39, 0.29) is 30.7 Å². The van der Waals surface area contributed by atoms with E-state index in [1.807, 2.05) is 6.92 Å². The molecule has 2 N–H and O–H groups in total. The van der Waals surface area contributed by atoms with Crippen LogP contribution < -0.4 is 5.73 Å². The van der Waals surface area contributed by atoms with Crippen LogP contribution in [-0.2, 0) is 27.4 Å². The smallest absolute Gasteiger partial charge is 0.387 e. The van der Waals surface area contributed by atoms with Gasteiger partial charge in [-0.2, -0.15) is 8.78 Å². The number of carbonyl (C=O) groups is 1. The quantitative estimate of drug-likeness (QED) is 0.723. The number of nitrogens with zero attached hydrogens (tertiary/aromatic N) is 3. The lowest BCUT2D eigenvalue weighted by Gasteiger charge is -2.42. The van der Waals surface area contributed by atoms with E-state index in [1.54, 1.807) is 11.0 Å². The number of amides is 1. The summed E-state index contributed by atoms with van der Waals surface area (Å²) in [6, 6.07) is 0.789. The Kier molecular flexibility index (Phi) is 5.90. The van der Waals surface area contributed by atoms with Gasteiger partial charge in [-0.05, 0) is 30.2 Å². The molecular weight excluding hydrogens is 453 g/mol. The first kappa shape index (κ1) is 22.6. The zero-order valence-corrected chi connectivity index (χ0v) is 18.3. The van der Waals surface area contributed by atoms with Gasteiger partial charge in [0.2, 0.25) is 0 Å². The van der Waals surface area contributed by atoms with Crippen molar-refractivity contribution in [2.75, 3.05) is 18.9 Å². The number of allylic oxidation sites excluding steroid dienone is 3. The molecule has 11 heteroatoms. The number of ether oxygens (including phenoxy) is 3. The number of fused-ring (bicyclic) bond motifs is 3. The Balaban J connectivity index is 1.48. The Morgan fingerprint density at radius 3 is 2.79 bits per heavy atom. The number of rotatable bonds is 4. The van der Waals surface area contributed by atoms with E-state index < -0.39 is 24.6 Å². The molecule has 4 heterocycles. The highest BCUT2D eigenvalue weighted by Gasteiger charge is 2.38. The van der Waals surface area contributed by atoms with Crippen molar-refractivity contribution < 1.29 is 32.2 Å². The third-order valence-electron chi connectivity index (χ3n) is 6.35. The maximum absolute atomic E-state index is 14.5. The maximum Gasteiger partial charge on any atom is 0.387 e. The number of aromatic nitrogens is 2. The molecule has 0 radical (unpaired) electrons. The molecule has 2 aromatic heterocycles. The molecule has 1 aliphatic carbocycles. The summed E-state index contributed by atoms with van der Waals surface area (Å²) in [4.78, 5) is 23.9. The molecule has 0 saturated carbocycles. The predicted octanol–water partition coefficient (Wildman–Crippen LogP) is 3.26. The Hall–Kier alpha value is -3.18. The summed E-state index contributed by atoms with van der Waals surface area (Å²) in [7, 11) is 0. The van der Waals surface area contributed by atoms with Crippen LogP contribution in [0.25, 0.3) is 10.9 Å². The Morgan fingerprint density at radius 1 is 1.24 bits per heavy atom. The molecule has 1 saturated heterocycles. The fourth-order valence-electron chi connectivity index (χ4n) is 4.70. The van der Waals surface area contributed by atoms with Gasteiger partial charge in [0.15, 0.2) is 6.17 Å². The molecule has 8 nitrogen and oxygen atoms in total. The number of alkyl halides is 3. The molecule has 3 aliphatic rings. The van der Waals surface area contributed by atoms with Gasteiger partial charge in [-0.3, -0.25) is 4.79 Å². The van der Waals surface area contributed by atoms with Crippen molar-refractivity contribution in [1.82, 2.24) is 14.9 Å². The summed E-state index contributed by atoms with van der Waals surface area (Å²) in [5.74, 6) is -0.390. The SMILES string of the molecule is C[C@H]1COC[C@@H](C2=CC=C(OC(F)F)C(F)C2)N1C(=O)c1cc2c3c(c(N)nc2cn1)COC3. The number of pyridine rings is 2. The minimum atomic E-state index is -3.11. The van der Waals surface area contributed by atoms with Crippen LogP contribution in [0, 0.1) is 0 Å². The van der Waals surface area contributed by atoms with Gasteiger partial charge < -0.3 is 24.8 Å². The molecule has 2 aromatic rings. The second-order valence-corrected chi connectivity index (χ2v) is 8.51. The van der Waals surface area contributed by atoms with Gasteiger partial charge in [0.05, 0.1) is 50.2 Å². The average Bonchev–Trinajstić information content (AvgIpc) is 3.31. The van der Waals surface area contributed by atoms with Crippen molar-refractivity contribution in [2.24, 2.45) is 0 Å². The van der Waals surface area contributed by atoms with E-state index in [0.717, 1.165) is 16.5 Å². The van der Waals surface area contributed by atoms with Crippen LogP contribution in [0.3, 0.4) is 0 Å². The largest absolute Gasteiger partial charge is 0.436 e. The van der Waals surface area contributed by atoms with Crippen LogP contribution in [-0.4, -0.2) is 58.9 Å². The molecule has 180 valence electrons. The first-order chi connectivity index (χ1) is 16.3. The molecule has 2 aliphatic heterocycles. The first-order valence-electron chi connectivity index (χ1n) is 10.9. The van der Waals surface area contributed by atoms with Crippen molar-refractivity contribution in [3.8, 4) is 0 Å². The van der Waals surface area contributed by atoms with Gasteiger partial charge in [-0.15, -0.1) is 0 Å². The van der Waals surface area contributed by atoms with E-state index in [9.17, 15) is 18.0 Å². The number of carbonyl (C=O) groups excluding carboxylic acids is 1. The molecule has 0 bridgehead atoms. The minimum absolute atomic E-state index is 0.155. The number of hydrogen-bond donors (Lipinski definition) is 1. The lowest BCUT2D eigenvalue weighted by molar-refractivity contribution is -0.106. The molecule has 0 spiro atoms. The average molecular weight is 476 g/mol. The topological polar surface area (TPSA) is 99.8 Å². The summed E-state index contributed by atoms with van der Waals surface area (Å²) in [6.07, 6.45) is 2.30. The number of hydrogen-bond acceptors (Lipinski definition) is 7. The monoisotopic (exact) mass is 476 g/mol. The molecule has 34 heavy (non-hydrogen) atoms. The van der Waals surface area contributed by atoms with E-state index >= 15 is 0 Å². The van der Waals surface area contributed by atoms with E-state index in [1.165, 1.54) is 18.3 Å². The summed E-state index contributed by atoms with van der Waals surface area (Å²) in [5, 5.41) is 0.745. The van der Waals surface area contributed by atoms with Crippen molar-refractivity contribution in [2.45, 2.75) is 51.4 Å². The molecular formula is C23H23F3N4O4. The molecule has 1 fully saturated rings. The van der Waals surface area contributed by atoms with Crippen LogP contribution in [0.1, 0.15) is 35.0 Å². The van der Waals surface area contributed by atoms with Crippen molar-refractivity contribution >= 4 is 22.6 Å². The van der Waals surface area contributed by atoms with Gasteiger partial charge in [0.1, 0.15) is 17.3 Å². The summed E-state index contributed by atoms with van der Waals surface area (Å²) in [5.41, 5.74) is 9.04. The highest BCUT2D eigenvalue weighted by Crippen LogP contribution is 2.33. The number of morpholine rings is 1. The van der Waals surface area contributed by atoms with E-state index in [4.69, 9.17) is 15.2 Å². The Morgan fingerprint density at radius 2 is 2.03 bits per heavy atom. The van der Waals surface area contributed by atoms with E-state index in [0.29, 0.717) is 36.7 Å². The van der Waals surface area contributed by atoms with Crippen LogP contribution in [0.15, 0.2) is 35.7 Å². The number of nitrogens with two attached hydrogens (primary N) is 1. The second kappa shape index (κ2) is 8.88. The van der Waals surface area contributed by atoms with Crippen molar-refractivity contribution in [3.63, 3.8) is 0 Å². The Labute approximate surface area is 193 Å². The van der Waals surface area contributed by atoms with Crippen LogP contribution in [0.5, 0.6) is 0 Å². The standard InChI is InChI=1S/C23H23F3N4O4/c1-11-7-32-10-19(12-2-3-20(16(24)4-12)34-23(25)26)30(11)22(31)17-5-13-14-8-33-9-15(14)21(27)29-18(13)6-28-17/h2-3,5-6,11,16,19,23H,4,7-10H2,1H3,(H2,27,29)/t11-,16?,19-/m0/s1. The molecule has 5 rings (SSSR count). The highest BCUT2D eigenvalue weighted by atomic mass is 19.3. The van der Waals surface area contributed by atoms with Crippen molar-refractivity contribution in [1.29, 1.82) is 0 Å². The minimum Gasteiger partial charge on any atom is -0.436 e. The van der Waals surface area contributed by atoms with Gasteiger partial charge in [0.25, 0.3) is 5.91 Å². The number of nitrogen functional groups attached to an aromatic ring is 1. The lowest BCUT2D eigenvalue weighted by atomic mass is 9.93. The first-order valence-corrected chi connectivity index (χ1v) is 10.9. The second-order valence-electron chi connectivity index (χ2n) is 8.51. The van der Waals surface area contributed by atoms with Gasteiger partial charge in [-0.1, -0.05) is 6.08 Å². The third kappa shape index (κ3) is 3.98. The number of halogens is 3. The number of anilines is 1. The van der Waals surface area contributed by atoms with Crippen LogP contribution >= 0.6 is 0 Å². The zero-order chi connectivity index (χ0) is 24.0. The molecule has 1 unspecified atom stereocenters. The molecule has 1 amide bonds. The molecule has 3 atom stereocenters. The van der Waals surface area contributed by atoms with Crippen molar-refractivity contribution in [3.05, 3.63) is 52.6 Å². The fraction of sp³-hybridized carbons (Fsp3) is 0.435. The van der Waals surface area contributed by atoms with Crippen LogP contribution in [0.2, 0.25) is 0 Å². The summed E-state index contributed by atoms with van der Waals surface area (Å²) in [6.45, 7) is -0.0851. The maximum atomic E-state index is 14.5. The van der Waals surface area contributed by atoms with Gasteiger partial charge in [0, 0.05) is 17.4 Å². The fourth-order valence-corrected chi connectivity index (χ4v) is 4.70. The Bertz CT molecular complexity index is 1200. The highest BCUT2D eigenvalue weighted by molar-refractivity contribution is 5.97. The summed E-state index contributed by atoms with van der Waals surface area (Å²) >= 11 is 0. The zero-order valence-electron chi connectivity index (χ0n) is 18.3. The van der Waals surface area contributed by atoms with Crippen LogP contribution in [0.4, 0.5) is 19.0 Å².